The third-order valence-electron chi connectivity index (χ3n) is 3.61. The van der Waals surface area contributed by atoms with Crippen molar-refractivity contribution in [3.63, 3.8) is 0 Å². The van der Waals surface area contributed by atoms with Crippen molar-refractivity contribution in [3.8, 4) is 5.75 Å². The number of nitrogens with zero attached hydrogens (tertiary/aromatic N) is 2. The summed E-state index contributed by atoms with van der Waals surface area (Å²) in [5, 5.41) is 6.32. The highest BCUT2D eigenvalue weighted by Crippen LogP contribution is 2.15. The first-order valence-corrected chi connectivity index (χ1v) is 7.95. The SMILES string of the molecule is COc1cccc(CCNc2ccnc(Nc3ccc(F)cc3)n2)c1. The van der Waals surface area contributed by atoms with Gasteiger partial charge in [0.05, 0.1) is 7.11 Å². The average Bonchev–Trinajstić information content (AvgIpc) is 2.64. The zero-order chi connectivity index (χ0) is 17.5. The summed E-state index contributed by atoms with van der Waals surface area (Å²) < 4.78 is 18.2. The van der Waals surface area contributed by atoms with Gasteiger partial charge in [0.25, 0.3) is 0 Å². The lowest BCUT2D eigenvalue weighted by Gasteiger charge is -2.09. The van der Waals surface area contributed by atoms with Crippen LogP contribution in [0.2, 0.25) is 0 Å². The molecule has 0 aliphatic heterocycles. The van der Waals surface area contributed by atoms with E-state index in [9.17, 15) is 4.39 Å². The smallest absolute Gasteiger partial charge is 0.229 e. The molecule has 0 atom stereocenters. The summed E-state index contributed by atoms with van der Waals surface area (Å²) >= 11 is 0. The molecule has 3 aromatic rings. The molecular weight excluding hydrogens is 319 g/mol. The van der Waals surface area contributed by atoms with Crippen molar-refractivity contribution < 1.29 is 9.13 Å². The molecule has 1 aromatic heterocycles. The molecule has 25 heavy (non-hydrogen) atoms. The molecule has 2 N–H and O–H groups in total. The van der Waals surface area contributed by atoms with Gasteiger partial charge in [-0.3, -0.25) is 0 Å². The normalized spacial score (nSPS) is 10.3. The van der Waals surface area contributed by atoms with E-state index in [0.29, 0.717) is 5.95 Å². The van der Waals surface area contributed by atoms with E-state index in [-0.39, 0.29) is 5.82 Å². The molecule has 3 rings (SSSR count). The molecule has 5 nitrogen and oxygen atoms in total. The van der Waals surface area contributed by atoms with Crippen LogP contribution in [0.4, 0.5) is 21.8 Å². The average molecular weight is 338 g/mol. The summed E-state index contributed by atoms with van der Waals surface area (Å²) in [4.78, 5) is 8.58. The number of methoxy groups -OCH3 is 1. The van der Waals surface area contributed by atoms with Crippen LogP contribution >= 0.6 is 0 Å². The van der Waals surface area contributed by atoms with Crippen LogP contribution in [-0.2, 0) is 6.42 Å². The fourth-order valence-corrected chi connectivity index (χ4v) is 2.34. The lowest BCUT2D eigenvalue weighted by Crippen LogP contribution is -2.07. The molecule has 0 amide bonds. The van der Waals surface area contributed by atoms with Crippen LogP contribution in [0.3, 0.4) is 0 Å². The van der Waals surface area contributed by atoms with E-state index in [1.54, 1.807) is 31.5 Å². The Morgan fingerprint density at radius 2 is 1.92 bits per heavy atom. The predicted octanol–water partition coefficient (Wildman–Crippen LogP) is 4.02. The summed E-state index contributed by atoms with van der Waals surface area (Å²) in [5.41, 5.74) is 1.92. The first-order chi connectivity index (χ1) is 12.2. The minimum absolute atomic E-state index is 0.278. The van der Waals surface area contributed by atoms with E-state index in [4.69, 9.17) is 4.74 Å². The molecule has 0 radical (unpaired) electrons. The van der Waals surface area contributed by atoms with Gasteiger partial charge >= 0.3 is 0 Å². The summed E-state index contributed by atoms with van der Waals surface area (Å²) in [5.74, 6) is 1.75. The zero-order valence-electron chi connectivity index (χ0n) is 13.9. The highest BCUT2D eigenvalue weighted by Gasteiger charge is 2.01. The van der Waals surface area contributed by atoms with Crippen LogP contribution in [-0.4, -0.2) is 23.6 Å². The highest BCUT2D eigenvalue weighted by atomic mass is 19.1. The van der Waals surface area contributed by atoms with E-state index >= 15 is 0 Å². The third kappa shape index (κ3) is 4.91. The Morgan fingerprint density at radius 3 is 2.72 bits per heavy atom. The molecule has 6 heteroatoms. The molecule has 1 heterocycles. The molecule has 0 aliphatic rings. The zero-order valence-corrected chi connectivity index (χ0v) is 13.9. The van der Waals surface area contributed by atoms with Crippen molar-refractivity contribution in [1.29, 1.82) is 0 Å². The van der Waals surface area contributed by atoms with E-state index in [1.807, 2.05) is 18.2 Å². The molecule has 2 aromatic carbocycles. The van der Waals surface area contributed by atoms with Crippen molar-refractivity contribution in [2.24, 2.45) is 0 Å². The number of hydrogen-bond donors (Lipinski definition) is 2. The van der Waals surface area contributed by atoms with E-state index in [0.717, 1.165) is 30.2 Å². The van der Waals surface area contributed by atoms with Gasteiger partial charge in [-0.25, -0.2) is 9.37 Å². The van der Waals surface area contributed by atoms with Gasteiger partial charge in [0.15, 0.2) is 0 Å². The minimum Gasteiger partial charge on any atom is -0.497 e. The number of halogens is 1. The maximum atomic E-state index is 12.9. The minimum atomic E-state index is -0.278. The third-order valence-corrected chi connectivity index (χ3v) is 3.61. The van der Waals surface area contributed by atoms with E-state index in [1.165, 1.54) is 17.7 Å². The lowest BCUT2D eigenvalue weighted by atomic mass is 10.1. The van der Waals surface area contributed by atoms with Crippen LogP contribution in [0, 0.1) is 5.82 Å². The molecular formula is C19H19FN4O. The van der Waals surface area contributed by atoms with Crippen LogP contribution in [0.25, 0.3) is 0 Å². The first kappa shape index (κ1) is 16.7. The quantitative estimate of drug-likeness (QED) is 0.681. The van der Waals surface area contributed by atoms with E-state index < -0.39 is 0 Å². The molecule has 0 spiro atoms. The maximum Gasteiger partial charge on any atom is 0.229 e. The van der Waals surface area contributed by atoms with Crippen LogP contribution < -0.4 is 15.4 Å². The number of ether oxygens (including phenoxy) is 1. The van der Waals surface area contributed by atoms with Gasteiger partial charge in [0.1, 0.15) is 17.4 Å². The monoisotopic (exact) mass is 338 g/mol. The molecule has 0 aliphatic carbocycles. The predicted molar refractivity (Wildman–Crippen MR) is 96.9 cm³/mol. The largest absolute Gasteiger partial charge is 0.497 e. The number of anilines is 3. The first-order valence-electron chi connectivity index (χ1n) is 7.95. The van der Waals surface area contributed by atoms with Crippen molar-refractivity contribution in [2.45, 2.75) is 6.42 Å². The number of rotatable bonds is 7. The van der Waals surface area contributed by atoms with Crippen molar-refractivity contribution in [2.75, 3.05) is 24.3 Å². The second-order valence-electron chi connectivity index (χ2n) is 5.43. The topological polar surface area (TPSA) is 59.1 Å². The van der Waals surface area contributed by atoms with Crippen molar-refractivity contribution in [1.82, 2.24) is 9.97 Å². The Kier molecular flexibility index (Phi) is 5.41. The standard InChI is InChI=1S/C19H19FN4O/c1-25-17-4-2-3-14(13-17)9-11-21-18-10-12-22-19(24-18)23-16-7-5-15(20)6-8-16/h2-8,10,12-13H,9,11H2,1H3,(H2,21,22,23,24). The van der Waals surface area contributed by atoms with Crippen molar-refractivity contribution >= 4 is 17.5 Å². The molecule has 128 valence electrons. The van der Waals surface area contributed by atoms with Gasteiger partial charge in [-0.2, -0.15) is 4.98 Å². The van der Waals surface area contributed by atoms with Gasteiger partial charge < -0.3 is 15.4 Å². The Balaban J connectivity index is 1.57. The maximum absolute atomic E-state index is 12.9. The molecule has 0 fully saturated rings. The Hall–Kier alpha value is -3.15. The van der Waals surface area contributed by atoms with Crippen LogP contribution in [0.5, 0.6) is 5.75 Å². The van der Waals surface area contributed by atoms with Gasteiger partial charge in [-0.1, -0.05) is 12.1 Å². The summed E-state index contributed by atoms with van der Waals surface area (Å²) in [6, 6.07) is 15.8. The van der Waals surface area contributed by atoms with Crippen LogP contribution in [0.1, 0.15) is 5.56 Å². The summed E-state index contributed by atoms with van der Waals surface area (Å²) in [6.07, 6.45) is 2.52. The summed E-state index contributed by atoms with van der Waals surface area (Å²) in [7, 11) is 1.66. The Labute approximate surface area is 145 Å². The second-order valence-corrected chi connectivity index (χ2v) is 5.43. The fourth-order valence-electron chi connectivity index (χ4n) is 2.34. The number of hydrogen-bond acceptors (Lipinski definition) is 5. The number of benzene rings is 2. The second kappa shape index (κ2) is 8.10. The number of nitrogens with one attached hydrogen (secondary N) is 2. The fraction of sp³-hybridized carbons (Fsp3) is 0.158. The Morgan fingerprint density at radius 1 is 1.08 bits per heavy atom. The van der Waals surface area contributed by atoms with Gasteiger partial charge in [-0.05, 0) is 54.4 Å². The lowest BCUT2D eigenvalue weighted by molar-refractivity contribution is 0.414. The molecule has 0 saturated heterocycles. The van der Waals surface area contributed by atoms with Crippen molar-refractivity contribution in [3.05, 3.63) is 72.2 Å². The Bertz CT molecular complexity index is 824. The molecule has 0 saturated carbocycles. The highest BCUT2D eigenvalue weighted by molar-refractivity contribution is 5.54. The van der Waals surface area contributed by atoms with E-state index in [2.05, 4.69) is 26.7 Å². The van der Waals surface area contributed by atoms with Gasteiger partial charge in [-0.15, -0.1) is 0 Å². The number of aromatic nitrogens is 2. The van der Waals surface area contributed by atoms with Gasteiger partial charge in [0.2, 0.25) is 5.95 Å². The summed E-state index contributed by atoms with van der Waals surface area (Å²) in [6.45, 7) is 0.736. The molecule has 0 bridgehead atoms. The van der Waals surface area contributed by atoms with Gasteiger partial charge in [0, 0.05) is 18.4 Å². The van der Waals surface area contributed by atoms with Crippen LogP contribution in [0.15, 0.2) is 60.8 Å². The molecule has 0 unspecified atom stereocenters.